The molecule has 1 fully saturated rings. The van der Waals surface area contributed by atoms with Gasteiger partial charge < -0.3 is 14.9 Å². The Labute approximate surface area is 115 Å². The van der Waals surface area contributed by atoms with E-state index in [9.17, 15) is 9.59 Å². The number of amides is 2. The maximum absolute atomic E-state index is 12.5. The number of nitrogens with zero attached hydrogens (tertiary/aromatic N) is 2. The van der Waals surface area contributed by atoms with E-state index in [0.717, 1.165) is 12.8 Å². The largest absolute Gasteiger partial charge is 0.395 e. The van der Waals surface area contributed by atoms with E-state index in [1.165, 1.54) is 0 Å². The van der Waals surface area contributed by atoms with E-state index in [0.29, 0.717) is 26.1 Å². The molecule has 110 valence electrons. The average molecular weight is 270 g/mol. The minimum absolute atomic E-state index is 0.0204. The number of aliphatic hydroxyl groups excluding tert-OH is 1. The maximum atomic E-state index is 12.5. The summed E-state index contributed by atoms with van der Waals surface area (Å²) in [5.41, 5.74) is 0. The fourth-order valence-electron chi connectivity index (χ4n) is 2.79. The zero-order valence-corrected chi connectivity index (χ0v) is 12.3. The van der Waals surface area contributed by atoms with Crippen LogP contribution in [0.15, 0.2) is 0 Å². The molecule has 0 bridgehead atoms. The summed E-state index contributed by atoms with van der Waals surface area (Å²) in [4.78, 5) is 27.7. The average Bonchev–Trinajstić information content (AvgIpc) is 2.79. The van der Waals surface area contributed by atoms with Gasteiger partial charge in [-0.1, -0.05) is 13.8 Å². The highest BCUT2D eigenvalue weighted by atomic mass is 16.3. The van der Waals surface area contributed by atoms with E-state index < -0.39 is 0 Å². The minimum atomic E-state index is -0.236. The van der Waals surface area contributed by atoms with Crippen LogP contribution in [0, 0.1) is 5.92 Å². The van der Waals surface area contributed by atoms with Gasteiger partial charge in [-0.3, -0.25) is 9.59 Å². The smallest absolute Gasteiger partial charge is 0.228 e. The van der Waals surface area contributed by atoms with E-state index in [4.69, 9.17) is 5.11 Å². The van der Waals surface area contributed by atoms with Gasteiger partial charge in [-0.2, -0.15) is 0 Å². The summed E-state index contributed by atoms with van der Waals surface area (Å²) in [5, 5.41) is 9.15. The first-order chi connectivity index (χ1) is 9.08. The van der Waals surface area contributed by atoms with E-state index in [2.05, 4.69) is 0 Å². The Bertz CT molecular complexity index is 316. The second-order valence-corrected chi connectivity index (χ2v) is 5.06. The highest BCUT2D eigenvalue weighted by Gasteiger charge is 2.36. The number of carbonyl (C=O) groups excluding carboxylic acids is 2. The molecule has 1 unspecified atom stereocenters. The first-order valence-corrected chi connectivity index (χ1v) is 7.28. The lowest BCUT2D eigenvalue weighted by Crippen LogP contribution is -2.45. The first kappa shape index (κ1) is 16.0. The molecule has 2 amide bonds. The van der Waals surface area contributed by atoms with Crippen molar-refractivity contribution >= 4 is 11.8 Å². The van der Waals surface area contributed by atoms with Gasteiger partial charge in [0.05, 0.1) is 12.5 Å². The third-order valence-corrected chi connectivity index (χ3v) is 3.95. The molecule has 1 atom stereocenters. The van der Waals surface area contributed by atoms with E-state index in [1.807, 2.05) is 20.8 Å². The number of carbonyl (C=O) groups is 2. The lowest BCUT2D eigenvalue weighted by atomic mass is 10.0. The minimum Gasteiger partial charge on any atom is -0.395 e. The van der Waals surface area contributed by atoms with Gasteiger partial charge in [-0.25, -0.2) is 0 Å². The zero-order chi connectivity index (χ0) is 14.4. The molecule has 0 radical (unpaired) electrons. The van der Waals surface area contributed by atoms with Crippen molar-refractivity contribution in [3.05, 3.63) is 0 Å². The van der Waals surface area contributed by atoms with Gasteiger partial charge in [-0.15, -0.1) is 0 Å². The second-order valence-electron chi connectivity index (χ2n) is 5.06. The Morgan fingerprint density at radius 3 is 2.47 bits per heavy atom. The van der Waals surface area contributed by atoms with Crippen LogP contribution in [0.25, 0.3) is 0 Å². The van der Waals surface area contributed by atoms with Gasteiger partial charge >= 0.3 is 0 Å². The highest BCUT2D eigenvalue weighted by Crippen LogP contribution is 2.22. The Kier molecular flexibility index (Phi) is 6.28. The summed E-state index contributed by atoms with van der Waals surface area (Å²) in [5.74, 6) is -0.152. The number of likely N-dealkylation sites (tertiary alicyclic amines) is 1. The molecule has 1 N–H and O–H groups in total. The van der Waals surface area contributed by atoms with Crippen LogP contribution in [0.2, 0.25) is 0 Å². The molecule has 1 heterocycles. The molecule has 1 aliphatic rings. The van der Waals surface area contributed by atoms with Crippen LogP contribution in [0.5, 0.6) is 0 Å². The molecule has 1 saturated heterocycles. The molecule has 0 aromatic rings. The van der Waals surface area contributed by atoms with Crippen LogP contribution in [0.1, 0.15) is 40.0 Å². The fourth-order valence-corrected chi connectivity index (χ4v) is 2.79. The van der Waals surface area contributed by atoms with Gasteiger partial charge in [0, 0.05) is 32.1 Å². The van der Waals surface area contributed by atoms with Gasteiger partial charge in [0.15, 0.2) is 0 Å². The van der Waals surface area contributed by atoms with Crippen LogP contribution in [-0.2, 0) is 9.59 Å². The monoisotopic (exact) mass is 270 g/mol. The molecule has 5 heteroatoms. The van der Waals surface area contributed by atoms with Crippen molar-refractivity contribution < 1.29 is 14.7 Å². The van der Waals surface area contributed by atoms with Crippen LogP contribution in [0.3, 0.4) is 0 Å². The first-order valence-electron chi connectivity index (χ1n) is 7.28. The van der Waals surface area contributed by atoms with Gasteiger partial charge in [0.2, 0.25) is 11.8 Å². The molecule has 0 spiro atoms. The maximum Gasteiger partial charge on any atom is 0.228 e. The zero-order valence-electron chi connectivity index (χ0n) is 12.3. The van der Waals surface area contributed by atoms with E-state index in [1.54, 1.807) is 9.80 Å². The van der Waals surface area contributed by atoms with Crippen molar-refractivity contribution in [2.45, 2.75) is 46.1 Å². The molecule has 5 nitrogen and oxygen atoms in total. The third kappa shape index (κ3) is 3.69. The summed E-state index contributed by atoms with van der Waals surface area (Å²) in [6.45, 7) is 7.54. The molecule has 0 aromatic carbocycles. The summed E-state index contributed by atoms with van der Waals surface area (Å²) in [6.07, 6.45) is 2.07. The van der Waals surface area contributed by atoms with Crippen molar-refractivity contribution in [3.63, 3.8) is 0 Å². The van der Waals surface area contributed by atoms with Crippen LogP contribution in [-0.4, -0.2) is 59.0 Å². The molecule has 19 heavy (non-hydrogen) atoms. The Morgan fingerprint density at radius 2 is 2.05 bits per heavy atom. The summed E-state index contributed by atoms with van der Waals surface area (Å²) in [7, 11) is 0. The van der Waals surface area contributed by atoms with Gasteiger partial charge in [0.1, 0.15) is 0 Å². The van der Waals surface area contributed by atoms with Crippen molar-refractivity contribution in [1.29, 1.82) is 0 Å². The predicted molar refractivity (Wildman–Crippen MR) is 73.5 cm³/mol. The molecule has 0 aromatic heterocycles. The van der Waals surface area contributed by atoms with E-state index >= 15 is 0 Å². The number of hydrogen-bond donors (Lipinski definition) is 1. The van der Waals surface area contributed by atoms with Crippen molar-refractivity contribution in [1.82, 2.24) is 9.80 Å². The lowest BCUT2D eigenvalue weighted by Gasteiger charge is -2.32. The highest BCUT2D eigenvalue weighted by molar-refractivity contribution is 5.89. The predicted octanol–water partition coefficient (Wildman–Crippen LogP) is 0.864. The van der Waals surface area contributed by atoms with Crippen LogP contribution in [0.4, 0.5) is 0 Å². The van der Waals surface area contributed by atoms with Crippen LogP contribution < -0.4 is 0 Å². The van der Waals surface area contributed by atoms with Crippen molar-refractivity contribution in [3.8, 4) is 0 Å². The molecule has 1 aliphatic heterocycles. The fraction of sp³-hybridized carbons (Fsp3) is 0.857. The number of rotatable bonds is 7. The summed E-state index contributed by atoms with van der Waals surface area (Å²) in [6, 6.07) is 0.158. The molecular formula is C14H26N2O3. The number of hydrogen-bond acceptors (Lipinski definition) is 3. The normalized spacial score (nSPS) is 19.3. The Balaban J connectivity index is 2.74. The topological polar surface area (TPSA) is 60.9 Å². The molecule has 0 saturated carbocycles. The lowest BCUT2D eigenvalue weighted by molar-refractivity contribution is -0.138. The Hall–Kier alpha value is -1.10. The molecular weight excluding hydrogens is 244 g/mol. The standard InChI is InChI=1S/C14H26N2O3/c1-4-12(5-2)16(7-8-17)14(19)11-9-13(18)15(6-3)10-11/h11-12,17H,4-10H2,1-3H3. The SMILES string of the molecule is CCC(CC)N(CCO)C(=O)C1CC(=O)N(CC)C1. The van der Waals surface area contributed by atoms with E-state index in [-0.39, 0.29) is 30.4 Å². The summed E-state index contributed by atoms with van der Waals surface area (Å²) < 4.78 is 0. The summed E-state index contributed by atoms with van der Waals surface area (Å²) >= 11 is 0. The third-order valence-electron chi connectivity index (χ3n) is 3.95. The number of aliphatic hydroxyl groups is 1. The quantitative estimate of drug-likeness (QED) is 0.746. The molecule has 1 rings (SSSR count). The van der Waals surface area contributed by atoms with Gasteiger partial charge in [0.25, 0.3) is 0 Å². The Morgan fingerprint density at radius 1 is 1.42 bits per heavy atom. The second kappa shape index (κ2) is 7.48. The van der Waals surface area contributed by atoms with Gasteiger partial charge in [-0.05, 0) is 19.8 Å². The van der Waals surface area contributed by atoms with Crippen molar-refractivity contribution in [2.75, 3.05) is 26.2 Å². The molecule has 0 aliphatic carbocycles. The van der Waals surface area contributed by atoms with Crippen LogP contribution >= 0.6 is 0 Å². The van der Waals surface area contributed by atoms with Crippen molar-refractivity contribution in [2.24, 2.45) is 5.92 Å².